The molecule has 0 unspecified atom stereocenters. The van der Waals surface area contributed by atoms with E-state index in [4.69, 9.17) is 9.72 Å². The van der Waals surface area contributed by atoms with E-state index in [1.165, 1.54) is 10.4 Å². The first kappa shape index (κ1) is 15.6. The van der Waals surface area contributed by atoms with Crippen LogP contribution in [0.3, 0.4) is 0 Å². The number of thiazole rings is 1. The van der Waals surface area contributed by atoms with E-state index in [1.807, 2.05) is 24.3 Å². The zero-order chi connectivity index (χ0) is 16.2. The number of methoxy groups -OCH3 is 1. The molecule has 0 amide bonds. The van der Waals surface area contributed by atoms with Crippen molar-refractivity contribution >= 4 is 22.2 Å². The second kappa shape index (κ2) is 6.84. The van der Waals surface area contributed by atoms with Gasteiger partial charge in [-0.05, 0) is 31.0 Å². The molecular formula is C19H20N2OS. The molecule has 0 atom stereocenters. The maximum atomic E-state index is 5.38. The molecule has 1 N–H and O–H groups in total. The van der Waals surface area contributed by atoms with Crippen molar-refractivity contribution in [3.05, 3.63) is 59.0 Å². The molecular weight excluding hydrogens is 304 g/mol. The molecule has 0 saturated heterocycles. The number of hydrogen-bond donors (Lipinski definition) is 1. The van der Waals surface area contributed by atoms with Gasteiger partial charge in [-0.1, -0.05) is 43.3 Å². The third-order valence-corrected chi connectivity index (χ3v) is 4.67. The lowest BCUT2D eigenvalue weighted by atomic mass is 10.1. The highest BCUT2D eigenvalue weighted by Gasteiger charge is 2.11. The Kier molecular flexibility index (Phi) is 4.63. The number of rotatable bonds is 5. The molecule has 1 aromatic heterocycles. The maximum absolute atomic E-state index is 5.38. The quantitative estimate of drug-likeness (QED) is 0.679. The van der Waals surface area contributed by atoms with E-state index in [-0.39, 0.29) is 0 Å². The minimum atomic E-state index is 0.814. The highest BCUT2D eigenvalue weighted by Crippen LogP contribution is 2.34. The van der Waals surface area contributed by atoms with Gasteiger partial charge in [-0.3, -0.25) is 0 Å². The van der Waals surface area contributed by atoms with Gasteiger partial charge in [0.1, 0.15) is 5.75 Å². The highest BCUT2D eigenvalue weighted by molar-refractivity contribution is 7.16. The average molecular weight is 324 g/mol. The molecule has 0 bridgehead atoms. The molecule has 3 rings (SSSR count). The SMILES string of the molecule is CCc1ccc(-c2nc(Nc3ccccc3OC)sc2C)cc1. The summed E-state index contributed by atoms with van der Waals surface area (Å²) in [4.78, 5) is 5.96. The summed E-state index contributed by atoms with van der Waals surface area (Å²) in [6, 6.07) is 16.5. The lowest BCUT2D eigenvalue weighted by Crippen LogP contribution is -1.93. The average Bonchev–Trinajstić information content (AvgIpc) is 2.96. The Labute approximate surface area is 141 Å². The van der Waals surface area contributed by atoms with Crippen molar-refractivity contribution < 1.29 is 4.74 Å². The first-order valence-corrected chi connectivity index (χ1v) is 8.49. The van der Waals surface area contributed by atoms with Crippen LogP contribution in [0.5, 0.6) is 5.75 Å². The van der Waals surface area contributed by atoms with E-state index >= 15 is 0 Å². The van der Waals surface area contributed by atoms with Crippen LogP contribution in [0, 0.1) is 6.92 Å². The van der Waals surface area contributed by atoms with Gasteiger partial charge in [-0.25, -0.2) is 4.98 Å². The summed E-state index contributed by atoms with van der Waals surface area (Å²) in [5, 5.41) is 4.24. The summed E-state index contributed by atoms with van der Waals surface area (Å²) in [6.07, 6.45) is 1.05. The van der Waals surface area contributed by atoms with E-state index in [0.29, 0.717) is 0 Å². The summed E-state index contributed by atoms with van der Waals surface area (Å²) in [6.45, 7) is 4.27. The van der Waals surface area contributed by atoms with Crippen LogP contribution in [-0.2, 0) is 6.42 Å². The smallest absolute Gasteiger partial charge is 0.188 e. The normalized spacial score (nSPS) is 10.6. The first-order valence-electron chi connectivity index (χ1n) is 7.68. The van der Waals surface area contributed by atoms with Crippen LogP contribution in [0.2, 0.25) is 0 Å². The molecule has 23 heavy (non-hydrogen) atoms. The molecule has 118 valence electrons. The van der Waals surface area contributed by atoms with Gasteiger partial charge in [-0.15, -0.1) is 11.3 Å². The molecule has 0 spiro atoms. The minimum absolute atomic E-state index is 0.814. The fourth-order valence-corrected chi connectivity index (χ4v) is 3.33. The van der Waals surface area contributed by atoms with Crippen LogP contribution in [0.1, 0.15) is 17.4 Å². The molecule has 0 aliphatic heterocycles. The van der Waals surface area contributed by atoms with Gasteiger partial charge in [0.2, 0.25) is 0 Å². The van der Waals surface area contributed by atoms with Crippen LogP contribution in [-0.4, -0.2) is 12.1 Å². The van der Waals surface area contributed by atoms with Gasteiger partial charge in [0.05, 0.1) is 18.5 Å². The number of benzene rings is 2. The lowest BCUT2D eigenvalue weighted by Gasteiger charge is -2.08. The molecule has 0 saturated carbocycles. The predicted octanol–water partition coefficient (Wildman–Crippen LogP) is 5.43. The Hall–Kier alpha value is -2.33. The number of nitrogens with zero attached hydrogens (tertiary/aromatic N) is 1. The van der Waals surface area contributed by atoms with Gasteiger partial charge in [-0.2, -0.15) is 0 Å². The molecule has 0 radical (unpaired) electrons. The number of aryl methyl sites for hydroxylation is 2. The Morgan fingerprint density at radius 3 is 2.52 bits per heavy atom. The van der Waals surface area contributed by atoms with E-state index in [0.717, 1.165) is 34.2 Å². The maximum Gasteiger partial charge on any atom is 0.188 e. The first-order chi connectivity index (χ1) is 11.2. The topological polar surface area (TPSA) is 34.2 Å². The van der Waals surface area contributed by atoms with Gasteiger partial charge >= 0.3 is 0 Å². The van der Waals surface area contributed by atoms with Crippen molar-refractivity contribution in [2.45, 2.75) is 20.3 Å². The van der Waals surface area contributed by atoms with Crippen LogP contribution in [0.15, 0.2) is 48.5 Å². The third kappa shape index (κ3) is 3.37. The van der Waals surface area contributed by atoms with E-state index < -0.39 is 0 Å². The van der Waals surface area contributed by atoms with Gasteiger partial charge in [0.25, 0.3) is 0 Å². The monoisotopic (exact) mass is 324 g/mol. The van der Waals surface area contributed by atoms with Crippen LogP contribution in [0.4, 0.5) is 10.8 Å². The minimum Gasteiger partial charge on any atom is -0.495 e. The Morgan fingerprint density at radius 2 is 1.83 bits per heavy atom. The van der Waals surface area contributed by atoms with Gasteiger partial charge < -0.3 is 10.1 Å². The summed E-state index contributed by atoms with van der Waals surface area (Å²) >= 11 is 1.66. The summed E-state index contributed by atoms with van der Waals surface area (Å²) < 4.78 is 5.38. The van der Waals surface area contributed by atoms with Crippen molar-refractivity contribution in [3.8, 4) is 17.0 Å². The largest absolute Gasteiger partial charge is 0.495 e. The fraction of sp³-hybridized carbons (Fsp3) is 0.211. The van der Waals surface area contributed by atoms with Crippen molar-refractivity contribution in [2.75, 3.05) is 12.4 Å². The number of nitrogens with one attached hydrogen (secondary N) is 1. The summed E-state index contributed by atoms with van der Waals surface area (Å²) in [7, 11) is 1.67. The second-order valence-electron chi connectivity index (χ2n) is 5.30. The summed E-state index contributed by atoms with van der Waals surface area (Å²) in [5.41, 5.74) is 4.46. The van der Waals surface area contributed by atoms with Gasteiger partial charge in [0, 0.05) is 10.4 Å². The van der Waals surface area contributed by atoms with Crippen molar-refractivity contribution in [2.24, 2.45) is 0 Å². The second-order valence-corrected chi connectivity index (χ2v) is 6.50. The van der Waals surface area contributed by atoms with Crippen LogP contribution >= 0.6 is 11.3 Å². The summed E-state index contributed by atoms with van der Waals surface area (Å²) in [5.74, 6) is 0.814. The molecule has 3 aromatic rings. The number of ether oxygens (including phenoxy) is 1. The number of aromatic nitrogens is 1. The Balaban J connectivity index is 1.88. The molecule has 2 aromatic carbocycles. The number of para-hydroxylation sites is 2. The van der Waals surface area contributed by atoms with Crippen LogP contribution < -0.4 is 10.1 Å². The van der Waals surface area contributed by atoms with E-state index in [9.17, 15) is 0 Å². The zero-order valence-electron chi connectivity index (χ0n) is 13.6. The molecule has 1 heterocycles. The van der Waals surface area contributed by atoms with E-state index in [2.05, 4.69) is 43.4 Å². The lowest BCUT2D eigenvalue weighted by molar-refractivity contribution is 0.417. The van der Waals surface area contributed by atoms with Crippen LogP contribution in [0.25, 0.3) is 11.3 Å². The van der Waals surface area contributed by atoms with E-state index in [1.54, 1.807) is 18.4 Å². The number of anilines is 2. The highest BCUT2D eigenvalue weighted by atomic mass is 32.1. The fourth-order valence-electron chi connectivity index (χ4n) is 2.48. The van der Waals surface area contributed by atoms with Crippen molar-refractivity contribution in [1.29, 1.82) is 0 Å². The van der Waals surface area contributed by atoms with Gasteiger partial charge in [0.15, 0.2) is 5.13 Å². The Bertz CT molecular complexity index is 793. The molecule has 4 heteroatoms. The molecule has 0 fully saturated rings. The predicted molar refractivity (Wildman–Crippen MR) is 97.9 cm³/mol. The molecule has 0 aliphatic rings. The van der Waals surface area contributed by atoms with Crippen molar-refractivity contribution in [3.63, 3.8) is 0 Å². The molecule has 3 nitrogen and oxygen atoms in total. The van der Waals surface area contributed by atoms with Crippen molar-refractivity contribution in [1.82, 2.24) is 4.98 Å². The standard InChI is InChI=1S/C19H20N2OS/c1-4-14-9-11-15(12-10-14)18-13(2)23-19(21-18)20-16-7-5-6-8-17(16)22-3/h5-12H,4H2,1-3H3,(H,20,21). The Morgan fingerprint density at radius 1 is 1.09 bits per heavy atom. The molecule has 0 aliphatic carbocycles. The zero-order valence-corrected chi connectivity index (χ0v) is 14.4. The number of hydrogen-bond acceptors (Lipinski definition) is 4. The third-order valence-electron chi connectivity index (χ3n) is 3.78.